The highest BCUT2D eigenvalue weighted by Crippen LogP contribution is 2.80. The molecule has 21 heavy (non-hydrogen) atoms. The standard InChI is InChI=1S/C18H26NOP/c1-4-21(12-5-6-13-21)18(10-11-18)17(20)19-16-14(2)8-7-9-15(16)3/h7-9H,4-6,10-13H2,1-3H3/p+1. The maximum Gasteiger partial charge on any atom is 0.268 e. The van der Waals surface area contributed by atoms with Crippen molar-refractivity contribution in [3.63, 3.8) is 0 Å². The highest BCUT2D eigenvalue weighted by molar-refractivity contribution is 7.78. The van der Waals surface area contributed by atoms with Crippen LogP contribution >= 0.6 is 7.26 Å². The quantitative estimate of drug-likeness (QED) is 0.809. The van der Waals surface area contributed by atoms with Crippen LogP contribution in [0.3, 0.4) is 0 Å². The molecule has 1 saturated carbocycles. The van der Waals surface area contributed by atoms with Gasteiger partial charge in [0.1, 0.15) is 0 Å². The lowest BCUT2D eigenvalue weighted by Crippen LogP contribution is -2.34. The van der Waals surface area contributed by atoms with Crippen molar-refractivity contribution in [3.8, 4) is 0 Å². The van der Waals surface area contributed by atoms with E-state index in [1.54, 1.807) is 0 Å². The minimum Gasteiger partial charge on any atom is -0.322 e. The predicted octanol–water partition coefficient (Wildman–Crippen LogP) is 4.61. The van der Waals surface area contributed by atoms with Gasteiger partial charge < -0.3 is 5.32 Å². The summed E-state index contributed by atoms with van der Waals surface area (Å²) in [6.45, 7) is 6.50. The average molecular weight is 304 g/mol. The van der Waals surface area contributed by atoms with E-state index in [-0.39, 0.29) is 5.16 Å². The van der Waals surface area contributed by atoms with Crippen LogP contribution in [0.1, 0.15) is 43.7 Å². The average Bonchev–Trinajstić information content (AvgIpc) is 3.15. The lowest BCUT2D eigenvalue weighted by molar-refractivity contribution is -0.116. The summed E-state index contributed by atoms with van der Waals surface area (Å²) in [5.74, 6) is 0.331. The summed E-state index contributed by atoms with van der Waals surface area (Å²) in [7, 11) is -1.05. The highest BCUT2D eigenvalue weighted by atomic mass is 31.2. The second kappa shape index (κ2) is 5.39. The van der Waals surface area contributed by atoms with Gasteiger partial charge in [-0.05, 0) is 44.7 Å². The molecular formula is C18H27NOP+. The first-order valence-electron chi connectivity index (χ1n) is 8.28. The van der Waals surface area contributed by atoms with Gasteiger partial charge in [-0.15, -0.1) is 0 Å². The molecule has 0 spiro atoms. The van der Waals surface area contributed by atoms with Crippen molar-refractivity contribution in [2.75, 3.05) is 23.8 Å². The minimum atomic E-state index is -1.05. The predicted molar refractivity (Wildman–Crippen MR) is 92.9 cm³/mol. The number of rotatable bonds is 4. The smallest absolute Gasteiger partial charge is 0.268 e. The van der Waals surface area contributed by atoms with Crippen LogP contribution in [0.15, 0.2) is 18.2 Å². The van der Waals surface area contributed by atoms with E-state index in [1.165, 1.54) is 42.5 Å². The van der Waals surface area contributed by atoms with Crippen molar-refractivity contribution < 1.29 is 4.79 Å². The first-order valence-corrected chi connectivity index (χ1v) is 10.6. The van der Waals surface area contributed by atoms with Gasteiger partial charge >= 0.3 is 0 Å². The van der Waals surface area contributed by atoms with Crippen LogP contribution < -0.4 is 5.32 Å². The molecule has 2 nitrogen and oxygen atoms in total. The molecule has 1 saturated heterocycles. The molecule has 0 unspecified atom stereocenters. The van der Waals surface area contributed by atoms with Crippen LogP contribution in [0, 0.1) is 13.8 Å². The lowest BCUT2D eigenvalue weighted by atomic mass is 10.1. The number of carbonyl (C=O) groups excluding carboxylic acids is 1. The highest BCUT2D eigenvalue weighted by Gasteiger charge is 2.70. The van der Waals surface area contributed by atoms with Gasteiger partial charge in [0.05, 0.1) is 18.5 Å². The van der Waals surface area contributed by atoms with Gasteiger partial charge in [0, 0.05) is 25.8 Å². The molecule has 0 aromatic heterocycles. The summed E-state index contributed by atoms with van der Waals surface area (Å²) in [5, 5.41) is 3.34. The van der Waals surface area contributed by atoms with E-state index in [2.05, 4.69) is 44.3 Å². The topological polar surface area (TPSA) is 29.1 Å². The van der Waals surface area contributed by atoms with E-state index in [0.717, 1.165) is 18.5 Å². The number of hydrogen-bond donors (Lipinski definition) is 1. The van der Waals surface area contributed by atoms with Crippen LogP contribution in [-0.2, 0) is 4.79 Å². The van der Waals surface area contributed by atoms with Crippen molar-refractivity contribution in [1.82, 2.24) is 0 Å². The Kier molecular flexibility index (Phi) is 3.86. The fraction of sp³-hybridized carbons (Fsp3) is 0.611. The summed E-state index contributed by atoms with van der Waals surface area (Å²) in [4.78, 5) is 13.1. The zero-order valence-corrected chi connectivity index (χ0v) is 14.4. The molecule has 1 aromatic rings. The van der Waals surface area contributed by atoms with Gasteiger partial charge in [-0.25, -0.2) is 0 Å². The van der Waals surface area contributed by atoms with Crippen molar-refractivity contribution in [3.05, 3.63) is 29.3 Å². The van der Waals surface area contributed by atoms with Crippen molar-refractivity contribution in [2.45, 2.75) is 51.6 Å². The second-order valence-electron chi connectivity index (χ2n) is 6.87. The molecule has 0 atom stereocenters. The Balaban J connectivity index is 1.85. The van der Waals surface area contributed by atoms with Crippen molar-refractivity contribution in [2.24, 2.45) is 0 Å². The van der Waals surface area contributed by atoms with Crippen molar-refractivity contribution in [1.29, 1.82) is 0 Å². The Morgan fingerprint density at radius 1 is 1.19 bits per heavy atom. The molecule has 1 amide bonds. The molecular weight excluding hydrogens is 277 g/mol. The number of aryl methyl sites for hydroxylation is 2. The molecule has 1 heterocycles. The van der Waals surface area contributed by atoms with Crippen molar-refractivity contribution >= 4 is 18.9 Å². The van der Waals surface area contributed by atoms with Gasteiger partial charge in [-0.1, -0.05) is 18.2 Å². The SMILES string of the molecule is CC[P+]1(C2(C(=O)Nc3c(C)cccc3C)CC2)CCCC1. The maximum atomic E-state index is 13.1. The third-order valence-electron chi connectivity index (χ3n) is 5.80. The van der Waals surface area contributed by atoms with Crippen LogP contribution in [0.25, 0.3) is 0 Å². The fourth-order valence-corrected chi connectivity index (χ4v) is 9.79. The van der Waals surface area contributed by atoms with Gasteiger partial charge in [-0.3, -0.25) is 4.79 Å². The number of amides is 1. The molecule has 0 bridgehead atoms. The van der Waals surface area contributed by atoms with Crippen LogP contribution in [0.4, 0.5) is 5.69 Å². The first-order chi connectivity index (χ1) is 10.0. The summed E-state index contributed by atoms with van der Waals surface area (Å²) in [6, 6.07) is 6.23. The normalized spacial score (nSPS) is 22.0. The summed E-state index contributed by atoms with van der Waals surface area (Å²) >= 11 is 0. The second-order valence-corrected chi connectivity index (χ2v) is 11.5. The third-order valence-corrected chi connectivity index (χ3v) is 11.8. The largest absolute Gasteiger partial charge is 0.322 e. The van der Waals surface area contributed by atoms with Crippen LogP contribution in [0.5, 0.6) is 0 Å². The molecule has 1 aromatic carbocycles. The molecule has 2 aliphatic rings. The molecule has 3 rings (SSSR count). The minimum absolute atomic E-state index is 0.0347. The molecule has 1 N–H and O–H groups in total. The Bertz CT molecular complexity index is 536. The van der Waals surface area contributed by atoms with E-state index in [1.807, 2.05) is 0 Å². The van der Waals surface area contributed by atoms with E-state index >= 15 is 0 Å². The van der Waals surface area contributed by atoms with Gasteiger partial charge in [0.15, 0.2) is 5.16 Å². The van der Waals surface area contributed by atoms with Gasteiger partial charge in [0.2, 0.25) is 0 Å². The Morgan fingerprint density at radius 3 is 2.24 bits per heavy atom. The first kappa shape index (κ1) is 15.0. The number of benzene rings is 1. The Hall–Kier alpha value is -0.880. The zero-order valence-electron chi connectivity index (χ0n) is 13.5. The van der Waals surface area contributed by atoms with Gasteiger partial charge in [0.25, 0.3) is 5.91 Å². The van der Waals surface area contributed by atoms with Crippen LogP contribution in [-0.4, -0.2) is 29.5 Å². The van der Waals surface area contributed by atoms with E-state index in [0.29, 0.717) is 5.91 Å². The molecule has 1 aliphatic carbocycles. The molecule has 0 radical (unpaired) electrons. The van der Waals surface area contributed by atoms with E-state index in [9.17, 15) is 4.79 Å². The zero-order chi connectivity index (χ0) is 15.1. The monoisotopic (exact) mass is 304 g/mol. The van der Waals surface area contributed by atoms with E-state index < -0.39 is 7.26 Å². The summed E-state index contributed by atoms with van der Waals surface area (Å²) < 4.78 is 0. The Morgan fingerprint density at radius 2 is 1.76 bits per heavy atom. The number of nitrogens with one attached hydrogen (secondary N) is 1. The summed E-state index contributed by atoms with van der Waals surface area (Å²) in [5.41, 5.74) is 3.39. The number of hydrogen-bond acceptors (Lipinski definition) is 1. The maximum absolute atomic E-state index is 13.1. The van der Waals surface area contributed by atoms with Gasteiger partial charge in [-0.2, -0.15) is 0 Å². The summed E-state index contributed by atoms with van der Waals surface area (Å²) in [6.07, 6.45) is 8.91. The van der Waals surface area contributed by atoms with E-state index in [4.69, 9.17) is 0 Å². The molecule has 3 heteroatoms. The number of para-hydroxylation sites is 1. The lowest BCUT2D eigenvalue weighted by Gasteiger charge is -2.30. The molecule has 1 aliphatic heterocycles. The number of anilines is 1. The number of carbonyl (C=O) groups is 1. The third kappa shape index (κ3) is 2.32. The Labute approximate surface area is 129 Å². The molecule has 114 valence electrons. The molecule has 2 fully saturated rings. The van der Waals surface area contributed by atoms with Crippen LogP contribution in [0.2, 0.25) is 0 Å². The fourth-order valence-electron chi connectivity index (χ4n) is 4.26.